The molecule has 3 N–H and O–H groups in total. The molecule has 100 valence electrons. The molecule has 1 aromatic carbocycles. The van der Waals surface area contributed by atoms with Gasteiger partial charge in [-0.3, -0.25) is 24.6 Å². The van der Waals surface area contributed by atoms with E-state index in [1.165, 1.54) is 12.1 Å². The second-order valence-electron chi connectivity index (χ2n) is 5.37. The highest BCUT2D eigenvalue weighted by Gasteiger charge is 2.21. The zero-order valence-electron chi connectivity index (χ0n) is 11.0. The summed E-state index contributed by atoms with van der Waals surface area (Å²) in [7, 11) is 0. The summed E-state index contributed by atoms with van der Waals surface area (Å²) in [6.45, 7) is 5.38. The molecule has 2 rings (SSSR count). The highest BCUT2D eigenvalue weighted by Crippen LogP contribution is 2.18. The minimum absolute atomic E-state index is 0.159. The number of nitrogens with one attached hydrogen (secondary N) is 3. The third-order valence-corrected chi connectivity index (χ3v) is 2.74. The summed E-state index contributed by atoms with van der Waals surface area (Å²) in [5, 5.41) is 7.75. The van der Waals surface area contributed by atoms with E-state index in [4.69, 9.17) is 0 Å². The number of aromatic nitrogens is 2. The number of amides is 1. The Balaban J connectivity index is 2.49. The van der Waals surface area contributed by atoms with Crippen LogP contribution in [0.4, 0.5) is 5.69 Å². The van der Waals surface area contributed by atoms with Gasteiger partial charge in [-0.25, -0.2) is 0 Å². The topological polar surface area (TPSA) is 94.8 Å². The molecule has 0 unspecified atom stereocenters. The van der Waals surface area contributed by atoms with Crippen molar-refractivity contribution in [2.75, 3.05) is 5.32 Å². The van der Waals surface area contributed by atoms with Crippen LogP contribution >= 0.6 is 0 Å². The minimum Gasteiger partial charge on any atom is -0.326 e. The summed E-state index contributed by atoms with van der Waals surface area (Å²) in [5.41, 5.74) is -0.816. The first kappa shape index (κ1) is 13.1. The summed E-state index contributed by atoms with van der Waals surface area (Å²) in [5.74, 6) is -0.159. The Morgan fingerprint density at radius 2 is 1.63 bits per heavy atom. The van der Waals surface area contributed by atoms with Crippen molar-refractivity contribution in [1.82, 2.24) is 10.2 Å². The highest BCUT2D eigenvalue weighted by atomic mass is 16.2. The molecule has 1 amide bonds. The van der Waals surface area contributed by atoms with E-state index in [0.717, 1.165) is 0 Å². The van der Waals surface area contributed by atoms with E-state index in [-0.39, 0.29) is 22.2 Å². The van der Waals surface area contributed by atoms with Gasteiger partial charge < -0.3 is 5.32 Å². The summed E-state index contributed by atoms with van der Waals surface area (Å²) in [6.07, 6.45) is 0. The molecule has 0 atom stereocenters. The summed E-state index contributed by atoms with van der Waals surface area (Å²) in [6, 6.07) is 4.61. The minimum atomic E-state index is -0.532. The van der Waals surface area contributed by atoms with Crippen LogP contribution in [0.15, 0.2) is 27.8 Å². The molecule has 1 aromatic heterocycles. The molecule has 0 saturated heterocycles. The number of carbonyl (C=O) groups is 1. The van der Waals surface area contributed by atoms with Crippen molar-refractivity contribution in [2.24, 2.45) is 5.41 Å². The molecule has 6 heteroatoms. The Morgan fingerprint density at radius 3 is 2.21 bits per heavy atom. The van der Waals surface area contributed by atoms with Gasteiger partial charge in [0.25, 0.3) is 11.1 Å². The predicted octanol–water partition coefficient (Wildman–Crippen LogP) is 1.20. The second-order valence-corrected chi connectivity index (χ2v) is 5.37. The Hall–Kier alpha value is -2.37. The number of hydrogen-bond donors (Lipinski definition) is 3. The maximum absolute atomic E-state index is 11.9. The molecule has 2 aromatic rings. The Kier molecular flexibility index (Phi) is 3.01. The van der Waals surface area contributed by atoms with Crippen molar-refractivity contribution < 1.29 is 4.79 Å². The van der Waals surface area contributed by atoms with Crippen LogP contribution < -0.4 is 16.4 Å². The molecular formula is C13H15N3O3. The van der Waals surface area contributed by atoms with Gasteiger partial charge in [0, 0.05) is 11.1 Å². The molecule has 0 aliphatic heterocycles. The van der Waals surface area contributed by atoms with Gasteiger partial charge in [0.1, 0.15) is 0 Å². The lowest BCUT2D eigenvalue weighted by Gasteiger charge is -2.17. The van der Waals surface area contributed by atoms with E-state index >= 15 is 0 Å². The number of benzene rings is 1. The van der Waals surface area contributed by atoms with E-state index in [0.29, 0.717) is 5.69 Å². The van der Waals surface area contributed by atoms with Crippen LogP contribution in [0.1, 0.15) is 20.8 Å². The number of fused-ring (bicyclic) bond motifs is 1. The average Bonchev–Trinajstić information content (AvgIpc) is 2.33. The highest BCUT2D eigenvalue weighted by molar-refractivity contribution is 5.96. The molecule has 1 heterocycles. The molecule has 0 aliphatic carbocycles. The van der Waals surface area contributed by atoms with E-state index in [2.05, 4.69) is 15.5 Å². The first-order chi connectivity index (χ1) is 8.79. The van der Waals surface area contributed by atoms with Crippen LogP contribution in [0.3, 0.4) is 0 Å². The zero-order chi connectivity index (χ0) is 14.2. The SMILES string of the molecule is CC(C)(C)C(=O)Nc1ccc2c(=O)[nH][nH]c(=O)c2c1. The number of hydrogen-bond acceptors (Lipinski definition) is 3. The molecule has 0 radical (unpaired) electrons. The molecule has 0 saturated carbocycles. The number of aromatic amines is 2. The standard InChI is InChI=1S/C13H15N3O3/c1-13(2,3)12(19)14-7-4-5-8-9(6-7)11(18)16-15-10(8)17/h4-6H,1-3H3,(H,14,19)(H,15,17)(H,16,18). The smallest absolute Gasteiger partial charge is 0.270 e. The van der Waals surface area contributed by atoms with Gasteiger partial charge in [-0.2, -0.15) is 0 Å². The summed E-state index contributed by atoms with van der Waals surface area (Å²) < 4.78 is 0. The largest absolute Gasteiger partial charge is 0.326 e. The number of rotatable bonds is 1. The number of anilines is 1. The van der Waals surface area contributed by atoms with Gasteiger partial charge >= 0.3 is 0 Å². The van der Waals surface area contributed by atoms with Crippen molar-refractivity contribution in [1.29, 1.82) is 0 Å². The molecule has 0 bridgehead atoms. The maximum Gasteiger partial charge on any atom is 0.270 e. The maximum atomic E-state index is 11.9. The monoisotopic (exact) mass is 261 g/mol. The molecule has 0 aliphatic rings. The molecule has 19 heavy (non-hydrogen) atoms. The normalized spacial score (nSPS) is 11.5. The van der Waals surface area contributed by atoms with Crippen LogP contribution in [0, 0.1) is 5.41 Å². The first-order valence-corrected chi connectivity index (χ1v) is 5.85. The fraction of sp³-hybridized carbons (Fsp3) is 0.308. The number of H-pyrrole nitrogens is 2. The van der Waals surface area contributed by atoms with Crippen molar-refractivity contribution in [2.45, 2.75) is 20.8 Å². The average molecular weight is 261 g/mol. The lowest BCUT2D eigenvalue weighted by atomic mass is 9.95. The molecular weight excluding hydrogens is 246 g/mol. The predicted molar refractivity (Wildman–Crippen MR) is 73.3 cm³/mol. The Morgan fingerprint density at radius 1 is 1.05 bits per heavy atom. The van der Waals surface area contributed by atoms with Crippen LogP contribution in [0.5, 0.6) is 0 Å². The Labute approximate surface area is 108 Å². The van der Waals surface area contributed by atoms with Gasteiger partial charge in [0.05, 0.1) is 10.8 Å². The van der Waals surface area contributed by atoms with Crippen LogP contribution in [0.25, 0.3) is 10.8 Å². The lowest BCUT2D eigenvalue weighted by molar-refractivity contribution is -0.123. The third-order valence-electron chi connectivity index (χ3n) is 2.74. The van der Waals surface area contributed by atoms with Crippen molar-refractivity contribution >= 4 is 22.4 Å². The number of carbonyl (C=O) groups excluding carboxylic acids is 1. The fourth-order valence-electron chi connectivity index (χ4n) is 1.57. The van der Waals surface area contributed by atoms with Crippen molar-refractivity contribution in [3.63, 3.8) is 0 Å². The molecule has 0 spiro atoms. The van der Waals surface area contributed by atoms with E-state index in [1.807, 2.05) is 0 Å². The first-order valence-electron chi connectivity index (χ1n) is 5.85. The Bertz CT molecular complexity index is 750. The van der Waals surface area contributed by atoms with Gasteiger partial charge in [-0.15, -0.1) is 0 Å². The van der Waals surface area contributed by atoms with Gasteiger partial charge in [0.15, 0.2) is 0 Å². The summed E-state index contributed by atoms with van der Waals surface area (Å²) in [4.78, 5) is 35.0. The summed E-state index contributed by atoms with van der Waals surface area (Å²) >= 11 is 0. The van der Waals surface area contributed by atoms with Crippen LogP contribution in [-0.2, 0) is 4.79 Å². The zero-order valence-corrected chi connectivity index (χ0v) is 11.0. The van der Waals surface area contributed by atoms with Crippen LogP contribution in [0.2, 0.25) is 0 Å². The molecule has 0 fully saturated rings. The van der Waals surface area contributed by atoms with E-state index in [9.17, 15) is 14.4 Å². The van der Waals surface area contributed by atoms with Gasteiger partial charge in [0.2, 0.25) is 5.91 Å². The van der Waals surface area contributed by atoms with Gasteiger partial charge in [-0.05, 0) is 18.2 Å². The third kappa shape index (κ3) is 2.57. The van der Waals surface area contributed by atoms with Crippen LogP contribution in [-0.4, -0.2) is 16.1 Å². The van der Waals surface area contributed by atoms with E-state index < -0.39 is 11.0 Å². The van der Waals surface area contributed by atoms with Crippen molar-refractivity contribution in [3.05, 3.63) is 38.9 Å². The quantitative estimate of drug-likeness (QED) is 0.719. The van der Waals surface area contributed by atoms with Crippen molar-refractivity contribution in [3.8, 4) is 0 Å². The van der Waals surface area contributed by atoms with E-state index in [1.54, 1.807) is 26.8 Å². The van der Waals surface area contributed by atoms with Gasteiger partial charge in [-0.1, -0.05) is 20.8 Å². The second kappa shape index (κ2) is 4.38. The molecule has 6 nitrogen and oxygen atoms in total. The lowest BCUT2D eigenvalue weighted by Crippen LogP contribution is -2.27. The fourth-order valence-corrected chi connectivity index (χ4v) is 1.57.